The van der Waals surface area contributed by atoms with E-state index in [0.717, 1.165) is 11.1 Å². The van der Waals surface area contributed by atoms with Crippen molar-refractivity contribution in [3.05, 3.63) is 64.7 Å². The van der Waals surface area contributed by atoms with Crippen LogP contribution >= 0.6 is 11.6 Å². The van der Waals surface area contributed by atoms with Crippen LogP contribution < -0.4 is 4.74 Å². The zero-order valence-electron chi connectivity index (χ0n) is 11.1. The average molecular weight is 277 g/mol. The molecule has 0 saturated carbocycles. The minimum Gasteiger partial charge on any atom is -0.489 e. The second kappa shape index (κ2) is 5.64. The molecule has 0 aromatic heterocycles. The molecule has 0 aliphatic carbocycles. The third-order valence-electron chi connectivity index (χ3n) is 2.99. The molecular formula is C16H17ClO2. The summed E-state index contributed by atoms with van der Waals surface area (Å²) in [5, 5.41) is 11.0. The number of benzene rings is 2. The third kappa shape index (κ3) is 3.49. The predicted octanol–water partition coefficient (Wildman–Crippen LogP) is 3.93. The van der Waals surface area contributed by atoms with Crippen molar-refractivity contribution in [2.24, 2.45) is 0 Å². The van der Waals surface area contributed by atoms with Crippen molar-refractivity contribution in [3.63, 3.8) is 0 Å². The molecule has 1 unspecified atom stereocenters. The predicted molar refractivity (Wildman–Crippen MR) is 77.7 cm³/mol. The van der Waals surface area contributed by atoms with E-state index < -0.39 is 5.60 Å². The van der Waals surface area contributed by atoms with Crippen LogP contribution in [-0.2, 0) is 5.60 Å². The molecule has 0 heterocycles. The second-order valence-corrected chi connectivity index (χ2v) is 5.27. The van der Waals surface area contributed by atoms with E-state index in [1.165, 1.54) is 0 Å². The summed E-state index contributed by atoms with van der Waals surface area (Å²) in [5.74, 6) is 0.595. The van der Waals surface area contributed by atoms with Crippen LogP contribution in [0.25, 0.3) is 0 Å². The summed E-state index contributed by atoms with van der Waals surface area (Å²) in [4.78, 5) is 0. The number of hydrogen-bond donors (Lipinski definition) is 1. The monoisotopic (exact) mass is 276 g/mol. The zero-order chi connectivity index (χ0) is 13.9. The van der Waals surface area contributed by atoms with Crippen LogP contribution in [0.4, 0.5) is 0 Å². The number of aliphatic hydroxyl groups is 1. The normalized spacial score (nSPS) is 13.9. The minimum absolute atomic E-state index is 0.153. The van der Waals surface area contributed by atoms with Crippen LogP contribution in [0.3, 0.4) is 0 Å². The van der Waals surface area contributed by atoms with Gasteiger partial charge in [-0.3, -0.25) is 0 Å². The first-order chi connectivity index (χ1) is 8.99. The van der Waals surface area contributed by atoms with Gasteiger partial charge in [-0.2, -0.15) is 0 Å². The summed E-state index contributed by atoms with van der Waals surface area (Å²) in [6, 6.07) is 15.0. The Hall–Kier alpha value is -1.51. The highest BCUT2D eigenvalue weighted by atomic mass is 35.5. The Kier molecular flexibility index (Phi) is 4.13. The number of aryl methyl sites for hydroxylation is 1. The van der Waals surface area contributed by atoms with E-state index in [4.69, 9.17) is 16.3 Å². The van der Waals surface area contributed by atoms with Crippen molar-refractivity contribution in [3.8, 4) is 5.75 Å². The van der Waals surface area contributed by atoms with E-state index in [-0.39, 0.29) is 6.61 Å². The third-order valence-corrected chi connectivity index (χ3v) is 3.30. The van der Waals surface area contributed by atoms with Gasteiger partial charge in [0.1, 0.15) is 18.0 Å². The lowest BCUT2D eigenvalue weighted by Gasteiger charge is -2.24. The minimum atomic E-state index is -1.05. The molecule has 0 saturated heterocycles. The lowest BCUT2D eigenvalue weighted by Crippen LogP contribution is -2.29. The van der Waals surface area contributed by atoms with Gasteiger partial charge < -0.3 is 9.84 Å². The van der Waals surface area contributed by atoms with Crippen molar-refractivity contribution in [2.45, 2.75) is 19.4 Å². The van der Waals surface area contributed by atoms with E-state index in [2.05, 4.69) is 0 Å². The molecule has 1 atom stereocenters. The van der Waals surface area contributed by atoms with E-state index >= 15 is 0 Å². The molecule has 0 amide bonds. The average Bonchev–Trinajstić information content (AvgIpc) is 2.41. The Bertz CT molecular complexity index is 550. The summed E-state index contributed by atoms with van der Waals surface area (Å²) in [6.45, 7) is 3.85. The number of rotatable bonds is 4. The van der Waals surface area contributed by atoms with Crippen molar-refractivity contribution >= 4 is 11.6 Å². The number of ether oxygens (including phenoxy) is 1. The molecule has 2 aromatic rings. The van der Waals surface area contributed by atoms with Crippen molar-refractivity contribution in [1.29, 1.82) is 0 Å². The van der Waals surface area contributed by atoms with E-state index in [1.807, 2.05) is 49.4 Å². The fourth-order valence-corrected chi connectivity index (χ4v) is 1.99. The summed E-state index contributed by atoms with van der Waals surface area (Å²) in [6.07, 6.45) is 0. The Labute approximate surface area is 118 Å². The molecule has 0 aliphatic heterocycles. The molecular weight excluding hydrogens is 260 g/mol. The van der Waals surface area contributed by atoms with Crippen LogP contribution in [0.15, 0.2) is 48.5 Å². The first-order valence-electron chi connectivity index (χ1n) is 6.16. The summed E-state index contributed by atoms with van der Waals surface area (Å²) < 4.78 is 5.65. The van der Waals surface area contributed by atoms with Gasteiger partial charge in [0.15, 0.2) is 0 Å². The lowest BCUT2D eigenvalue weighted by molar-refractivity contribution is 0.00762. The van der Waals surface area contributed by atoms with Gasteiger partial charge in [0.05, 0.1) is 5.02 Å². The van der Waals surface area contributed by atoms with E-state index in [9.17, 15) is 5.11 Å². The SMILES string of the molecule is Cc1ccc(Cl)c(OCC(C)(O)c2ccccc2)c1. The maximum Gasteiger partial charge on any atom is 0.138 e. The van der Waals surface area contributed by atoms with Gasteiger partial charge in [-0.1, -0.05) is 48.0 Å². The van der Waals surface area contributed by atoms with Gasteiger partial charge in [-0.15, -0.1) is 0 Å². The molecule has 0 fully saturated rings. The summed E-state index contributed by atoms with van der Waals surface area (Å²) >= 11 is 6.06. The van der Waals surface area contributed by atoms with Crippen LogP contribution in [0.2, 0.25) is 5.02 Å². The van der Waals surface area contributed by atoms with Crippen LogP contribution in [0, 0.1) is 6.92 Å². The lowest BCUT2D eigenvalue weighted by atomic mass is 9.97. The maximum atomic E-state index is 10.4. The van der Waals surface area contributed by atoms with E-state index in [1.54, 1.807) is 13.0 Å². The van der Waals surface area contributed by atoms with Crippen LogP contribution in [0.5, 0.6) is 5.75 Å². The number of hydrogen-bond acceptors (Lipinski definition) is 2. The topological polar surface area (TPSA) is 29.5 Å². The van der Waals surface area contributed by atoms with Gasteiger partial charge >= 0.3 is 0 Å². The first-order valence-corrected chi connectivity index (χ1v) is 6.54. The molecule has 2 rings (SSSR count). The summed E-state index contributed by atoms with van der Waals surface area (Å²) in [7, 11) is 0. The highest BCUT2D eigenvalue weighted by molar-refractivity contribution is 6.32. The highest BCUT2D eigenvalue weighted by Gasteiger charge is 2.24. The molecule has 0 bridgehead atoms. The fourth-order valence-electron chi connectivity index (χ4n) is 1.82. The Morgan fingerprint density at radius 3 is 2.53 bits per heavy atom. The highest BCUT2D eigenvalue weighted by Crippen LogP contribution is 2.28. The van der Waals surface area contributed by atoms with Crippen LogP contribution in [0.1, 0.15) is 18.1 Å². The Morgan fingerprint density at radius 2 is 1.84 bits per heavy atom. The molecule has 0 spiro atoms. The molecule has 0 radical (unpaired) electrons. The fraction of sp³-hybridized carbons (Fsp3) is 0.250. The van der Waals surface area contributed by atoms with Crippen molar-refractivity contribution in [2.75, 3.05) is 6.61 Å². The van der Waals surface area contributed by atoms with Crippen molar-refractivity contribution in [1.82, 2.24) is 0 Å². The maximum absolute atomic E-state index is 10.4. The Balaban J connectivity index is 2.12. The molecule has 2 nitrogen and oxygen atoms in total. The van der Waals surface area contributed by atoms with E-state index in [0.29, 0.717) is 10.8 Å². The van der Waals surface area contributed by atoms with Gasteiger partial charge in [-0.25, -0.2) is 0 Å². The van der Waals surface area contributed by atoms with Gasteiger partial charge in [0.2, 0.25) is 0 Å². The standard InChI is InChI=1S/C16H17ClO2/c1-12-8-9-14(17)15(10-12)19-11-16(2,18)13-6-4-3-5-7-13/h3-10,18H,11H2,1-2H3. The van der Waals surface area contributed by atoms with Gasteiger partial charge in [0, 0.05) is 0 Å². The zero-order valence-corrected chi connectivity index (χ0v) is 11.8. The molecule has 19 heavy (non-hydrogen) atoms. The molecule has 100 valence electrons. The quantitative estimate of drug-likeness (QED) is 0.917. The van der Waals surface area contributed by atoms with Gasteiger partial charge in [0.25, 0.3) is 0 Å². The van der Waals surface area contributed by atoms with Gasteiger partial charge in [-0.05, 0) is 37.1 Å². The van der Waals surface area contributed by atoms with Crippen LogP contribution in [-0.4, -0.2) is 11.7 Å². The van der Waals surface area contributed by atoms with Crippen molar-refractivity contribution < 1.29 is 9.84 Å². The smallest absolute Gasteiger partial charge is 0.138 e. The molecule has 0 aliphatic rings. The second-order valence-electron chi connectivity index (χ2n) is 4.86. The Morgan fingerprint density at radius 1 is 1.16 bits per heavy atom. The molecule has 2 aromatic carbocycles. The molecule has 3 heteroatoms. The first kappa shape index (κ1) is 13.9. The molecule has 1 N–H and O–H groups in total. The summed E-state index contributed by atoms with van der Waals surface area (Å²) in [5.41, 5.74) is 0.839. The number of halogens is 1. The largest absolute Gasteiger partial charge is 0.489 e.